The summed E-state index contributed by atoms with van der Waals surface area (Å²) in [5.74, 6) is 1.24. The van der Waals surface area contributed by atoms with E-state index < -0.39 is 0 Å². The first kappa shape index (κ1) is 15.8. The van der Waals surface area contributed by atoms with Crippen LogP contribution in [0.15, 0.2) is 24.7 Å². The Balaban J connectivity index is 1.34. The Kier molecular flexibility index (Phi) is 4.41. The van der Waals surface area contributed by atoms with E-state index in [1.54, 1.807) is 0 Å². The number of ether oxygens (including phenoxy) is 1. The Morgan fingerprint density at radius 2 is 2.00 bits per heavy atom. The molecule has 0 aromatic carbocycles. The van der Waals surface area contributed by atoms with E-state index in [1.165, 1.54) is 37.2 Å². The maximum absolute atomic E-state index is 6.01. The van der Waals surface area contributed by atoms with Crippen LogP contribution in [0.25, 0.3) is 0 Å². The summed E-state index contributed by atoms with van der Waals surface area (Å²) in [5.41, 5.74) is 2.61. The van der Waals surface area contributed by atoms with E-state index in [1.807, 2.05) is 28.8 Å². The van der Waals surface area contributed by atoms with Crippen molar-refractivity contribution in [1.82, 2.24) is 24.5 Å². The third kappa shape index (κ3) is 3.13. The molecule has 2 aliphatic rings. The lowest BCUT2D eigenvalue weighted by atomic mass is 9.91. The third-order valence-electron chi connectivity index (χ3n) is 5.62. The van der Waals surface area contributed by atoms with Gasteiger partial charge in [-0.05, 0) is 38.4 Å². The Morgan fingerprint density at radius 1 is 1.17 bits per heavy atom. The molecular weight excluding hydrogens is 302 g/mol. The predicted octanol–water partition coefficient (Wildman–Crippen LogP) is 2.11. The lowest BCUT2D eigenvalue weighted by Gasteiger charge is -2.34. The van der Waals surface area contributed by atoms with Gasteiger partial charge in [0.2, 0.25) is 0 Å². The van der Waals surface area contributed by atoms with E-state index >= 15 is 0 Å². The van der Waals surface area contributed by atoms with Gasteiger partial charge in [-0.2, -0.15) is 10.2 Å². The van der Waals surface area contributed by atoms with Crippen LogP contribution in [0, 0.1) is 5.92 Å². The number of piperidine rings is 1. The first-order valence-electron chi connectivity index (χ1n) is 9.01. The largest absolute Gasteiger partial charge is 0.373 e. The van der Waals surface area contributed by atoms with Gasteiger partial charge in [0.15, 0.2) is 0 Å². The molecule has 0 bridgehead atoms. The Hall–Kier alpha value is -1.66. The first-order valence-corrected chi connectivity index (χ1v) is 9.01. The molecule has 6 nitrogen and oxygen atoms in total. The SMILES string of the molecule is Cn1cc([C@H]2OCC[C@@H]2CN2CCC(c3ccnn3C)CC2)cn1. The minimum Gasteiger partial charge on any atom is -0.373 e. The van der Waals surface area contributed by atoms with Crippen LogP contribution in [0.3, 0.4) is 0 Å². The molecule has 2 aromatic heterocycles. The van der Waals surface area contributed by atoms with E-state index in [0.29, 0.717) is 11.8 Å². The summed E-state index contributed by atoms with van der Waals surface area (Å²) in [6.45, 7) is 4.35. The quantitative estimate of drug-likeness (QED) is 0.862. The van der Waals surface area contributed by atoms with Crippen LogP contribution in [-0.4, -0.2) is 50.7 Å². The second-order valence-electron chi connectivity index (χ2n) is 7.24. The summed E-state index contributed by atoms with van der Waals surface area (Å²) >= 11 is 0. The molecule has 0 amide bonds. The van der Waals surface area contributed by atoms with Crippen molar-refractivity contribution < 1.29 is 4.74 Å². The summed E-state index contributed by atoms with van der Waals surface area (Å²) in [6.07, 6.45) is 9.79. The van der Waals surface area contributed by atoms with Crippen molar-refractivity contribution in [3.63, 3.8) is 0 Å². The highest BCUT2D eigenvalue weighted by Crippen LogP contribution is 2.36. The predicted molar refractivity (Wildman–Crippen MR) is 91.6 cm³/mol. The van der Waals surface area contributed by atoms with Crippen LogP contribution in [0.4, 0.5) is 0 Å². The summed E-state index contributed by atoms with van der Waals surface area (Å²) in [7, 11) is 4.02. The molecule has 130 valence electrons. The van der Waals surface area contributed by atoms with Crippen LogP contribution in [0.2, 0.25) is 0 Å². The van der Waals surface area contributed by atoms with Gasteiger partial charge in [-0.15, -0.1) is 0 Å². The van der Waals surface area contributed by atoms with Crippen molar-refractivity contribution in [1.29, 1.82) is 0 Å². The van der Waals surface area contributed by atoms with Gasteiger partial charge in [0.05, 0.1) is 12.3 Å². The van der Waals surface area contributed by atoms with Gasteiger partial charge in [-0.1, -0.05) is 0 Å². The number of aromatic nitrogens is 4. The van der Waals surface area contributed by atoms with Crippen LogP contribution in [0.1, 0.15) is 42.5 Å². The number of aryl methyl sites for hydroxylation is 2. The Labute approximate surface area is 143 Å². The molecule has 0 unspecified atom stereocenters. The normalized spacial score (nSPS) is 26.2. The molecule has 0 spiro atoms. The zero-order valence-electron chi connectivity index (χ0n) is 14.6. The number of nitrogens with zero attached hydrogens (tertiary/aromatic N) is 5. The van der Waals surface area contributed by atoms with Gasteiger partial charge in [0, 0.05) is 62.7 Å². The molecule has 2 atom stereocenters. The van der Waals surface area contributed by atoms with Crippen molar-refractivity contribution in [3.05, 3.63) is 35.9 Å². The zero-order valence-corrected chi connectivity index (χ0v) is 14.6. The van der Waals surface area contributed by atoms with E-state index in [0.717, 1.165) is 19.6 Å². The standard InChI is InChI=1S/C18H27N5O/c1-21-12-16(11-20-21)18-15(6-10-24-18)13-23-8-4-14(5-9-23)17-3-7-19-22(17)2/h3,7,11-12,14-15,18H,4-6,8-10,13H2,1-2H3/t15-,18+/m1/s1. The fourth-order valence-electron chi connectivity index (χ4n) is 4.30. The van der Waals surface area contributed by atoms with E-state index in [9.17, 15) is 0 Å². The molecule has 2 aliphatic heterocycles. The lowest BCUT2D eigenvalue weighted by Crippen LogP contribution is -2.37. The van der Waals surface area contributed by atoms with E-state index in [4.69, 9.17) is 4.74 Å². The molecule has 4 heterocycles. The highest BCUT2D eigenvalue weighted by molar-refractivity contribution is 5.12. The number of rotatable bonds is 4. The highest BCUT2D eigenvalue weighted by atomic mass is 16.5. The van der Waals surface area contributed by atoms with Crippen molar-refractivity contribution >= 4 is 0 Å². The third-order valence-corrected chi connectivity index (χ3v) is 5.62. The van der Waals surface area contributed by atoms with Crippen LogP contribution < -0.4 is 0 Å². The van der Waals surface area contributed by atoms with Gasteiger partial charge in [0.25, 0.3) is 0 Å². The molecule has 0 radical (unpaired) electrons. The van der Waals surface area contributed by atoms with Gasteiger partial charge in [0.1, 0.15) is 0 Å². The Morgan fingerprint density at radius 3 is 2.67 bits per heavy atom. The van der Waals surface area contributed by atoms with Gasteiger partial charge < -0.3 is 9.64 Å². The summed E-state index contributed by atoms with van der Waals surface area (Å²) in [4.78, 5) is 2.62. The second kappa shape index (κ2) is 6.69. The van der Waals surface area contributed by atoms with Gasteiger partial charge >= 0.3 is 0 Å². The maximum Gasteiger partial charge on any atom is 0.0896 e. The highest BCUT2D eigenvalue weighted by Gasteiger charge is 2.33. The average Bonchev–Trinajstić information content (AvgIpc) is 3.30. The van der Waals surface area contributed by atoms with Crippen LogP contribution in [-0.2, 0) is 18.8 Å². The first-order chi connectivity index (χ1) is 11.7. The van der Waals surface area contributed by atoms with Crippen molar-refractivity contribution in [2.75, 3.05) is 26.2 Å². The second-order valence-corrected chi connectivity index (χ2v) is 7.24. The summed E-state index contributed by atoms with van der Waals surface area (Å²) < 4.78 is 9.91. The van der Waals surface area contributed by atoms with E-state index in [-0.39, 0.29) is 6.10 Å². The van der Waals surface area contributed by atoms with Gasteiger partial charge in [-0.25, -0.2) is 0 Å². The monoisotopic (exact) mass is 329 g/mol. The zero-order chi connectivity index (χ0) is 16.5. The fraction of sp³-hybridized carbons (Fsp3) is 0.667. The minimum atomic E-state index is 0.216. The van der Waals surface area contributed by atoms with Crippen LogP contribution in [0.5, 0.6) is 0 Å². The molecular formula is C18H27N5O. The Bertz CT molecular complexity index is 671. The van der Waals surface area contributed by atoms with Crippen LogP contribution >= 0.6 is 0 Å². The molecule has 0 N–H and O–H groups in total. The smallest absolute Gasteiger partial charge is 0.0896 e. The number of likely N-dealkylation sites (tertiary alicyclic amines) is 1. The summed E-state index contributed by atoms with van der Waals surface area (Å²) in [5, 5.41) is 8.62. The molecule has 0 saturated carbocycles. The summed E-state index contributed by atoms with van der Waals surface area (Å²) in [6, 6.07) is 2.17. The molecule has 0 aliphatic carbocycles. The minimum absolute atomic E-state index is 0.216. The topological polar surface area (TPSA) is 48.1 Å². The van der Waals surface area contributed by atoms with E-state index in [2.05, 4.69) is 34.4 Å². The maximum atomic E-state index is 6.01. The molecule has 6 heteroatoms. The van der Waals surface area contributed by atoms with Crippen molar-refractivity contribution in [3.8, 4) is 0 Å². The number of hydrogen-bond donors (Lipinski definition) is 0. The molecule has 2 fully saturated rings. The molecule has 2 saturated heterocycles. The lowest BCUT2D eigenvalue weighted by molar-refractivity contribution is 0.0736. The van der Waals surface area contributed by atoms with Crippen molar-refractivity contribution in [2.45, 2.75) is 31.3 Å². The molecule has 2 aromatic rings. The molecule has 24 heavy (non-hydrogen) atoms. The number of hydrogen-bond acceptors (Lipinski definition) is 4. The van der Waals surface area contributed by atoms with Crippen molar-refractivity contribution in [2.24, 2.45) is 20.0 Å². The van der Waals surface area contributed by atoms with Gasteiger partial charge in [-0.3, -0.25) is 9.36 Å². The fourth-order valence-corrected chi connectivity index (χ4v) is 4.30. The molecule has 4 rings (SSSR count). The average molecular weight is 329 g/mol.